The first-order chi connectivity index (χ1) is 7.41. The van der Waals surface area contributed by atoms with E-state index in [1.807, 2.05) is 19.1 Å². The minimum absolute atomic E-state index is 0.491. The molecule has 0 spiro atoms. The molecule has 0 aromatic heterocycles. The highest BCUT2D eigenvalue weighted by atomic mass is 35.5. The molecule has 0 saturated carbocycles. The van der Waals surface area contributed by atoms with E-state index in [4.69, 9.17) is 16.7 Å². The zero-order chi connectivity index (χ0) is 12.3. The summed E-state index contributed by atoms with van der Waals surface area (Å²) in [7, 11) is 3.54. The lowest BCUT2D eigenvalue weighted by Gasteiger charge is -2.20. The molecule has 3 nitrogen and oxygen atoms in total. The van der Waals surface area contributed by atoms with Crippen LogP contribution >= 0.6 is 11.6 Å². The van der Waals surface area contributed by atoms with Gasteiger partial charge < -0.3 is 5.11 Å². The van der Waals surface area contributed by atoms with Gasteiger partial charge >= 0.3 is 5.97 Å². The Bertz CT molecular complexity index is 391. The Labute approximate surface area is 101 Å². The molecule has 0 aliphatic heterocycles. The molecule has 1 N–H and O–H groups in total. The second kappa shape index (κ2) is 5.32. The van der Waals surface area contributed by atoms with Gasteiger partial charge in [0.25, 0.3) is 0 Å². The van der Waals surface area contributed by atoms with Crippen molar-refractivity contribution in [3.05, 3.63) is 34.3 Å². The molecule has 1 rings (SSSR count). The van der Waals surface area contributed by atoms with Crippen molar-refractivity contribution in [2.24, 2.45) is 0 Å². The molecule has 88 valence electrons. The molecule has 0 amide bonds. The van der Waals surface area contributed by atoms with Crippen LogP contribution in [0.1, 0.15) is 11.1 Å². The maximum Gasteiger partial charge on any atom is 0.321 e. The molecule has 0 bridgehead atoms. The molecular weight excluding hydrogens is 226 g/mol. The second-order valence-corrected chi connectivity index (χ2v) is 4.53. The number of carboxylic acids is 1. The van der Waals surface area contributed by atoms with E-state index < -0.39 is 12.0 Å². The van der Waals surface area contributed by atoms with Crippen molar-refractivity contribution in [3.63, 3.8) is 0 Å². The van der Waals surface area contributed by atoms with Gasteiger partial charge in [-0.05, 0) is 50.7 Å². The number of aryl methyl sites for hydroxylation is 1. The van der Waals surface area contributed by atoms with Crippen LogP contribution in [0.4, 0.5) is 0 Å². The number of carboxylic acid groups (broad SMARTS) is 1. The summed E-state index contributed by atoms with van der Waals surface area (Å²) in [4.78, 5) is 12.8. The lowest BCUT2D eigenvalue weighted by molar-refractivity contribution is -0.142. The number of halogens is 1. The van der Waals surface area contributed by atoms with Crippen LogP contribution in [0.25, 0.3) is 0 Å². The predicted octanol–water partition coefficient (Wildman–Crippen LogP) is 2.21. The van der Waals surface area contributed by atoms with E-state index >= 15 is 0 Å². The number of rotatable bonds is 4. The number of hydrogen-bond donors (Lipinski definition) is 1. The summed E-state index contributed by atoms with van der Waals surface area (Å²) in [5.41, 5.74) is 2.05. The topological polar surface area (TPSA) is 40.5 Å². The van der Waals surface area contributed by atoms with E-state index in [9.17, 15) is 4.79 Å². The van der Waals surface area contributed by atoms with Gasteiger partial charge in [-0.2, -0.15) is 0 Å². The fourth-order valence-corrected chi connectivity index (χ4v) is 1.81. The van der Waals surface area contributed by atoms with E-state index in [0.717, 1.165) is 11.1 Å². The molecule has 1 aromatic rings. The molecular formula is C12H16ClNO2. The van der Waals surface area contributed by atoms with Crippen LogP contribution in [0, 0.1) is 6.92 Å². The third-order valence-electron chi connectivity index (χ3n) is 2.63. The van der Waals surface area contributed by atoms with Crippen LogP contribution in [0.2, 0.25) is 5.02 Å². The van der Waals surface area contributed by atoms with E-state index in [2.05, 4.69) is 0 Å². The van der Waals surface area contributed by atoms with Gasteiger partial charge in [0.15, 0.2) is 0 Å². The van der Waals surface area contributed by atoms with Crippen molar-refractivity contribution in [3.8, 4) is 0 Å². The van der Waals surface area contributed by atoms with Crippen molar-refractivity contribution in [1.29, 1.82) is 0 Å². The normalized spacial score (nSPS) is 12.8. The smallest absolute Gasteiger partial charge is 0.321 e. The number of nitrogens with zero attached hydrogens (tertiary/aromatic N) is 1. The standard InChI is InChI=1S/C12H16ClNO2/c1-8-6-10(13)5-4-9(8)7-11(12(15)16)14(2)3/h4-6,11H,7H2,1-3H3,(H,15,16)/t11-/m1/s1. The number of aliphatic carboxylic acids is 1. The molecule has 0 aliphatic carbocycles. The van der Waals surface area contributed by atoms with Gasteiger partial charge in [0, 0.05) is 5.02 Å². The highest BCUT2D eigenvalue weighted by molar-refractivity contribution is 6.30. The van der Waals surface area contributed by atoms with Gasteiger partial charge in [0.1, 0.15) is 6.04 Å². The Hall–Kier alpha value is -1.06. The van der Waals surface area contributed by atoms with Gasteiger partial charge in [-0.3, -0.25) is 9.69 Å². The lowest BCUT2D eigenvalue weighted by atomic mass is 10.0. The van der Waals surface area contributed by atoms with Crippen molar-refractivity contribution in [1.82, 2.24) is 4.90 Å². The maximum atomic E-state index is 11.1. The molecule has 16 heavy (non-hydrogen) atoms. The van der Waals surface area contributed by atoms with Crippen molar-refractivity contribution in [2.75, 3.05) is 14.1 Å². The quantitative estimate of drug-likeness (QED) is 0.879. The predicted molar refractivity (Wildman–Crippen MR) is 65.0 cm³/mol. The van der Waals surface area contributed by atoms with Crippen LogP contribution in [0.3, 0.4) is 0 Å². The molecule has 1 atom stereocenters. The first-order valence-corrected chi connectivity index (χ1v) is 5.44. The van der Waals surface area contributed by atoms with Gasteiger partial charge in [0.05, 0.1) is 0 Å². The molecule has 0 unspecified atom stereocenters. The number of likely N-dealkylation sites (N-methyl/N-ethyl adjacent to an activating group) is 1. The summed E-state index contributed by atoms with van der Waals surface area (Å²) in [6.07, 6.45) is 0.491. The summed E-state index contributed by atoms with van der Waals surface area (Å²) >= 11 is 5.85. The monoisotopic (exact) mass is 241 g/mol. The van der Waals surface area contributed by atoms with Crippen molar-refractivity contribution >= 4 is 17.6 Å². The third-order valence-corrected chi connectivity index (χ3v) is 2.86. The molecule has 0 fully saturated rings. The summed E-state index contributed by atoms with van der Waals surface area (Å²) in [5.74, 6) is -0.806. The average molecular weight is 242 g/mol. The summed E-state index contributed by atoms with van der Waals surface area (Å²) in [5, 5.41) is 9.76. The Morgan fingerprint density at radius 2 is 2.12 bits per heavy atom. The van der Waals surface area contributed by atoms with Crippen LogP contribution in [0.15, 0.2) is 18.2 Å². The SMILES string of the molecule is Cc1cc(Cl)ccc1C[C@H](C(=O)O)N(C)C. The molecule has 0 radical (unpaired) electrons. The van der Waals surface area contributed by atoms with E-state index in [-0.39, 0.29) is 0 Å². The van der Waals surface area contributed by atoms with Gasteiger partial charge in [-0.15, -0.1) is 0 Å². The Kier molecular flexibility index (Phi) is 4.33. The van der Waals surface area contributed by atoms with Crippen LogP contribution in [0.5, 0.6) is 0 Å². The van der Waals surface area contributed by atoms with E-state index in [0.29, 0.717) is 11.4 Å². The molecule has 1 aromatic carbocycles. The lowest BCUT2D eigenvalue weighted by Crippen LogP contribution is -2.37. The van der Waals surface area contributed by atoms with Crippen LogP contribution < -0.4 is 0 Å². The first-order valence-electron chi connectivity index (χ1n) is 5.06. The summed E-state index contributed by atoms with van der Waals surface area (Å²) < 4.78 is 0. The third kappa shape index (κ3) is 3.22. The van der Waals surface area contributed by atoms with Crippen molar-refractivity contribution < 1.29 is 9.90 Å². The molecule has 0 saturated heterocycles. The van der Waals surface area contributed by atoms with Gasteiger partial charge in [-0.25, -0.2) is 0 Å². The number of carbonyl (C=O) groups is 1. The molecule has 0 aliphatic rings. The molecule has 4 heteroatoms. The Morgan fingerprint density at radius 1 is 1.50 bits per heavy atom. The zero-order valence-corrected chi connectivity index (χ0v) is 10.5. The Balaban J connectivity index is 2.90. The van der Waals surface area contributed by atoms with E-state index in [1.54, 1.807) is 25.1 Å². The average Bonchev–Trinajstić information content (AvgIpc) is 2.15. The van der Waals surface area contributed by atoms with Gasteiger partial charge in [-0.1, -0.05) is 17.7 Å². The summed E-state index contributed by atoms with van der Waals surface area (Å²) in [6, 6.07) is 5.03. The highest BCUT2D eigenvalue weighted by Gasteiger charge is 2.20. The largest absolute Gasteiger partial charge is 0.480 e. The minimum atomic E-state index is -0.806. The summed E-state index contributed by atoms with van der Waals surface area (Å²) in [6.45, 7) is 1.94. The van der Waals surface area contributed by atoms with Crippen molar-refractivity contribution in [2.45, 2.75) is 19.4 Å². The maximum absolute atomic E-state index is 11.1. The zero-order valence-electron chi connectivity index (χ0n) is 9.70. The fourth-order valence-electron chi connectivity index (χ4n) is 1.59. The fraction of sp³-hybridized carbons (Fsp3) is 0.417. The number of benzene rings is 1. The van der Waals surface area contributed by atoms with Crippen LogP contribution in [-0.2, 0) is 11.2 Å². The minimum Gasteiger partial charge on any atom is -0.480 e. The van der Waals surface area contributed by atoms with E-state index in [1.165, 1.54) is 0 Å². The first kappa shape index (κ1) is 13.0. The van der Waals surface area contributed by atoms with Crippen LogP contribution in [-0.4, -0.2) is 36.1 Å². The highest BCUT2D eigenvalue weighted by Crippen LogP contribution is 2.17. The Morgan fingerprint density at radius 3 is 2.56 bits per heavy atom. The van der Waals surface area contributed by atoms with Gasteiger partial charge in [0.2, 0.25) is 0 Å². The molecule has 0 heterocycles. The number of hydrogen-bond acceptors (Lipinski definition) is 2. The second-order valence-electron chi connectivity index (χ2n) is 4.09.